The molecule has 1 unspecified atom stereocenters. The number of carbonyl (C=O) groups excluding carboxylic acids is 1. The molecule has 3 aromatic rings. The third-order valence-electron chi connectivity index (χ3n) is 7.26. The van der Waals surface area contributed by atoms with E-state index in [1.54, 1.807) is 7.11 Å². The first kappa shape index (κ1) is 24.3. The number of nitrogens with zero attached hydrogens (tertiary/aromatic N) is 2. The zero-order chi connectivity index (χ0) is 24.9. The van der Waals surface area contributed by atoms with Crippen molar-refractivity contribution in [2.45, 2.75) is 44.2 Å². The van der Waals surface area contributed by atoms with Gasteiger partial charge >= 0.3 is 6.03 Å². The fourth-order valence-electron chi connectivity index (χ4n) is 5.40. The predicted molar refractivity (Wildman–Crippen MR) is 142 cm³/mol. The maximum absolute atomic E-state index is 12.5. The molecule has 7 nitrogen and oxygen atoms in total. The summed E-state index contributed by atoms with van der Waals surface area (Å²) in [7, 11) is 1.72. The number of amides is 2. The van der Waals surface area contributed by atoms with E-state index in [4.69, 9.17) is 9.72 Å². The van der Waals surface area contributed by atoms with E-state index in [9.17, 15) is 9.18 Å². The highest BCUT2D eigenvalue weighted by Gasteiger charge is 2.24. The molecular formula is C28H34FN5O2. The van der Waals surface area contributed by atoms with Crippen LogP contribution in [-0.4, -0.2) is 55.4 Å². The van der Waals surface area contributed by atoms with Gasteiger partial charge in [0.1, 0.15) is 18.2 Å². The molecule has 1 aliphatic carbocycles. The first-order valence-corrected chi connectivity index (χ1v) is 12.8. The molecule has 0 bridgehead atoms. The van der Waals surface area contributed by atoms with Crippen LogP contribution in [0.25, 0.3) is 10.9 Å². The number of hydrogen-bond acceptors (Lipinski definition) is 5. The molecule has 2 aromatic carbocycles. The molecule has 0 spiro atoms. The Morgan fingerprint density at radius 1 is 1.14 bits per heavy atom. The second kappa shape index (κ2) is 11.1. The van der Waals surface area contributed by atoms with Crippen LogP contribution in [0.3, 0.4) is 0 Å². The lowest BCUT2D eigenvalue weighted by molar-refractivity contribution is 0.184. The van der Waals surface area contributed by atoms with E-state index in [0.717, 1.165) is 73.4 Å². The van der Waals surface area contributed by atoms with Crippen molar-refractivity contribution in [2.75, 3.05) is 44.1 Å². The zero-order valence-corrected chi connectivity index (χ0v) is 20.7. The first-order valence-electron chi connectivity index (χ1n) is 12.8. The SMILES string of the molecule is COc1cccc2c1C(Nc1ccc3cc(NC(=O)NC4CCN(CCF)CC4)ccc3n1)CCC2. The standard InChI is InChI=1S/C28H34FN5O2/c1-36-25-7-3-5-19-4-2-6-24(27(19)25)33-26-11-8-20-18-22(9-10-23(20)32-26)31-28(35)30-21-12-15-34(16-13-21)17-14-29/h3,5,7-11,18,21,24H,2,4,6,12-17H2,1H3,(H,32,33)(H2,30,31,35). The fourth-order valence-corrected chi connectivity index (χ4v) is 5.40. The smallest absolute Gasteiger partial charge is 0.319 e. The topological polar surface area (TPSA) is 78.5 Å². The number of pyridine rings is 1. The molecule has 2 amide bonds. The van der Waals surface area contributed by atoms with Gasteiger partial charge in [-0.1, -0.05) is 12.1 Å². The van der Waals surface area contributed by atoms with Crippen molar-refractivity contribution in [3.05, 3.63) is 59.7 Å². The number of piperidine rings is 1. The summed E-state index contributed by atoms with van der Waals surface area (Å²) in [6.07, 6.45) is 4.89. The molecule has 36 heavy (non-hydrogen) atoms. The van der Waals surface area contributed by atoms with Gasteiger partial charge in [0.15, 0.2) is 0 Å². The number of benzene rings is 2. The van der Waals surface area contributed by atoms with Gasteiger partial charge < -0.3 is 25.6 Å². The number of aromatic nitrogens is 1. The molecule has 1 aromatic heterocycles. The van der Waals surface area contributed by atoms with Gasteiger partial charge in [0.05, 0.1) is 18.7 Å². The molecule has 0 saturated carbocycles. The Morgan fingerprint density at radius 2 is 2.00 bits per heavy atom. The number of nitrogens with one attached hydrogen (secondary N) is 3. The van der Waals surface area contributed by atoms with E-state index in [2.05, 4.69) is 33.0 Å². The van der Waals surface area contributed by atoms with Gasteiger partial charge in [0.2, 0.25) is 0 Å². The number of anilines is 2. The number of alkyl halides is 1. The van der Waals surface area contributed by atoms with Crippen LogP contribution in [0.2, 0.25) is 0 Å². The van der Waals surface area contributed by atoms with Crippen molar-refractivity contribution in [3.8, 4) is 5.75 Å². The minimum absolute atomic E-state index is 0.111. The van der Waals surface area contributed by atoms with E-state index in [-0.39, 0.29) is 24.8 Å². The molecule has 1 fully saturated rings. The number of urea groups is 1. The van der Waals surface area contributed by atoms with Gasteiger partial charge in [-0.15, -0.1) is 0 Å². The van der Waals surface area contributed by atoms with Crippen LogP contribution in [0.15, 0.2) is 48.5 Å². The van der Waals surface area contributed by atoms with Crippen molar-refractivity contribution < 1.29 is 13.9 Å². The van der Waals surface area contributed by atoms with E-state index >= 15 is 0 Å². The van der Waals surface area contributed by atoms with Crippen molar-refractivity contribution in [2.24, 2.45) is 0 Å². The average Bonchev–Trinajstić information content (AvgIpc) is 2.90. The highest BCUT2D eigenvalue weighted by atomic mass is 19.1. The number of methoxy groups -OCH3 is 1. The number of halogens is 1. The lowest BCUT2D eigenvalue weighted by Crippen LogP contribution is -2.46. The second-order valence-electron chi connectivity index (χ2n) is 9.63. The van der Waals surface area contributed by atoms with Gasteiger partial charge in [-0.3, -0.25) is 0 Å². The minimum Gasteiger partial charge on any atom is -0.496 e. The van der Waals surface area contributed by atoms with Crippen molar-refractivity contribution in [1.82, 2.24) is 15.2 Å². The largest absolute Gasteiger partial charge is 0.496 e. The molecule has 1 saturated heterocycles. The maximum Gasteiger partial charge on any atom is 0.319 e. The number of ether oxygens (including phenoxy) is 1. The number of carbonyl (C=O) groups is 1. The van der Waals surface area contributed by atoms with Gasteiger partial charge in [-0.25, -0.2) is 14.2 Å². The van der Waals surface area contributed by atoms with Crippen LogP contribution in [0.4, 0.5) is 20.7 Å². The summed E-state index contributed by atoms with van der Waals surface area (Å²) in [6, 6.07) is 16.1. The number of likely N-dealkylation sites (tertiary alicyclic amines) is 1. The summed E-state index contributed by atoms with van der Waals surface area (Å²) >= 11 is 0. The average molecular weight is 492 g/mol. The Balaban J connectivity index is 1.22. The van der Waals surface area contributed by atoms with Gasteiger partial charge in [0.25, 0.3) is 0 Å². The molecular weight excluding hydrogens is 457 g/mol. The van der Waals surface area contributed by atoms with Crippen molar-refractivity contribution >= 4 is 28.4 Å². The van der Waals surface area contributed by atoms with E-state index in [1.165, 1.54) is 11.1 Å². The van der Waals surface area contributed by atoms with Crippen LogP contribution in [0, 0.1) is 0 Å². The Labute approximate surface area is 211 Å². The van der Waals surface area contributed by atoms with Crippen molar-refractivity contribution in [1.29, 1.82) is 0 Å². The second-order valence-corrected chi connectivity index (χ2v) is 9.63. The zero-order valence-electron chi connectivity index (χ0n) is 20.7. The highest BCUT2D eigenvalue weighted by molar-refractivity contribution is 5.93. The number of fused-ring (bicyclic) bond motifs is 2. The summed E-state index contributed by atoms with van der Waals surface area (Å²) in [5.41, 5.74) is 4.15. The summed E-state index contributed by atoms with van der Waals surface area (Å²) in [5, 5.41) is 10.6. The molecule has 8 heteroatoms. The quantitative estimate of drug-likeness (QED) is 0.419. The van der Waals surface area contributed by atoms with Gasteiger partial charge in [-0.2, -0.15) is 0 Å². The van der Waals surface area contributed by atoms with Gasteiger partial charge in [-0.05, 0) is 74.1 Å². The Morgan fingerprint density at radius 3 is 2.81 bits per heavy atom. The number of rotatable bonds is 7. The summed E-state index contributed by atoms with van der Waals surface area (Å²) in [5.74, 6) is 1.74. The normalized spacial score (nSPS) is 18.4. The monoisotopic (exact) mass is 491 g/mol. The lowest BCUT2D eigenvalue weighted by atomic mass is 9.87. The van der Waals surface area contributed by atoms with Crippen LogP contribution in [-0.2, 0) is 6.42 Å². The molecule has 1 aliphatic heterocycles. The third kappa shape index (κ3) is 5.54. The molecule has 1 atom stereocenters. The van der Waals surface area contributed by atoms with Crippen LogP contribution < -0.4 is 20.7 Å². The summed E-state index contributed by atoms with van der Waals surface area (Å²) in [4.78, 5) is 19.4. The lowest BCUT2D eigenvalue weighted by Gasteiger charge is -2.31. The number of aryl methyl sites for hydroxylation is 1. The molecule has 3 N–H and O–H groups in total. The van der Waals surface area contributed by atoms with E-state index in [0.29, 0.717) is 6.54 Å². The van der Waals surface area contributed by atoms with Crippen LogP contribution in [0.1, 0.15) is 42.9 Å². The maximum atomic E-state index is 12.5. The first-order chi connectivity index (χ1) is 17.6. The highest BCUT2D eigenvalue weighted by Crippen LogP contribution is 2.38. The third-order valence-corrected chi connectivity index (χ3v) is 7.26. The van der Waals surface area contributed by atoms with E-state index in [1.807, 2.05) is 36.4 Å². The van der Waals surface area contributed by atoms with Crippen molar-refractivity contribution in [3.63, 3.8) is 0 Å². The van der Waals surface area contributed by atoms with E-state index < -0.39 is 0 Å². The molecule has 190 valence electrons. The van der Waals surface area contributed by atoms with Crippen LogP contribution >= 0.6 is 0 Å². The fraction of sp³-hybridized carbons (Fsp3) is 0.429. The molecule has 2 aliphatic rings. The predicted octanol–water partition coefficient (Wildman–Crippen LogP) is 5.29. The van der Waals surface area contributed by atoms with Gasteiger partial charge in [0, 0.05) is 42.3 Å². The van der Waals surface area contributed by atoms with Crippen LogP contribution in [0.5, 0.6) is 5.75 Å². The molecule has 0 radical (unpaired) electrons. The Hall–Kier alpha value is -3.39. The summed E-state index contributed by atoms with van der Waals surface area (Å²) in [6.45, 7) is 1.78. The Kier molecular flexibility index (Phi) is 7.51. The summed E-state index contributed by atoms with van der Waals surface area (Å²) < 4.78 is 18.2. The Bertz CT molecular complexity index is 1200. The molecule has 5 rings (SSSR count). The number of hydrogen-bond donors (Lipinski definition) is 3. The minimum atomic E-state index is -0.323. The molecule has 2 heterocycles.